The van der Waals surface area contributed by atoms with Crippen LogP contribution in [0.15, 0.2) is 0 Å². The molecule has 5 heteroatoms. The van der Waals surface area contributed by atoms with E-state index < -0.39 is 5.60 Å². The topological polar surface area (TPSA) is 64.6 Å². The van der Waals surface area contributed by atoms with Gasteiger partial charge in [0.25, 0.3) is 0 Å². The van der Waals surface area contributed by atoms with Gasteiger partial charge in [-0.05, 0) is 45.1 Å². The molecular formula is C16H33N3O2. The van der Waals surface area contributed by atoms with E-state index in [1.807, 2.05) is 20.8 Å². The number of carbonyl (C=O) groups is 1. The monoisotopic (exact) mass is 299 g/mol. The minimum absolute atomic E-state index is 0.117. The largest absolute Gasteiger partial charge is 0.388 e. The fraction of sp³-hybridized carbons (Fsp3) is 0.938. The second-order valence-corrected chi connectivity index (χ2v) is 6.67. The Kier molecular flexibility index (Phi) is 7.46. The highest BCUT2D eigenvalue weighted by Crippen LogP contribution is 2.15. The Morgan fingerprint density at radius 3 is 2.67 bits per heavy atom. The molecule has 1 fully saturated rings. The lowest BCUT2D eigenvalue weighted by atomic mass is 9.98. The van der Waals surface area contributed by atoms with Crippen molar-refractivity contribution in [2.24, 2.45) is 5.92 Å². The van der Waals surface area contributed by atoms with Gasteiger partial charge in [0, 0.05) is 25.7 Å². The summed E-state index contributed by atoms with van der Waals surface area (Å²) in [5, 5.41) is 15.9. The van der Waals surface area contributed by atoms with Crippen LogP contribution in [0.5, 0.6) is 0 Å². The molecule has 2 unspecified atom stereocenters. The summed E-state index contributed by atoms with van der Waals surface area (Å²) < 4.78 is 0. The normalized spacial score (nSPS) is 21.9. The average Bonchev–Trinajstić information content (AvgIpc) is 2.44. The summed E-state index contributed by atoms with van der Waals surface area (Å²) in [6.45, 7) is 11.6. The van der Waals surface area contributed by atoms with Gasteiger partial charge in [0.2, 0.25) is 0 Å². The summed E-state index contributed by atoms with van der Waals surface area (Å²) in [4.78, 5) is 14.3. The van der Waals surface area contributed by atoms with E-state index in [1.165, 1.54) is 12.8 Å². The molecule has 0 saturated carbocycles. The number of rotatable bonds is 7. The Morgan fingerprint density at radius 2 is 2.10 bits per heavy atom. The summed E-state index contributed by atoms with van der Waals surface area (Å²) in [7, 11) is 0. The second-order valence-electron chi connectivity index (χ2n) is 6.67. The predicted octanol–water partition coefficient (Wildman–Crippen LogP) is 1.96. The van der Waals surface area contributed by atoms with Gasteiger partial charge in [-0.1, -0.05) is 20.8 Å². The summed E-state index contributed by atoms with van der Waals surface area (Å²) in [6, 6.07) is -0.0699. The number of nitrogens with one attached hydrogen (secondary N) is 2. The molecule has 0 aromatic rings. The quantitative estimate of drug-likeness (QED) is 0.673. The smallest absolute Gasteiger partial charge is 0.315 e. The fourth-order valence-corrected chi connectivity index (χ4v) is 2.91. The van der Waals surface area contributed by atoms with Gasteiger partial charge in [-0.25, -0.2) is 4.79 Å². The Morgan fingerprint density at radius 1 is 1.43 bits per heavy atom. The van der Waals surface area contributed by atoms with Crippen molar-refractivity contribution in [3.63, 3.8) is 0 Å². The van der Waals surface area contributed by atoms with Crippen molar-refractivity contribution >= 4 is 6.03 Å². The third kappa shape index (κ3) is 6.66. The van der Waals surface area contributed by atoms with E-state index in [0.29, 0.717) is 19.4 Å². The second kappa shape index (κ2) is 8.59. The predicted molar refractivity (Wildman–Crippen MR) is 86.4 cm³/mol. The van der Waals surface area contributed by atoms with E-state index >= 15 is 0 Å². The van der Waals surface area contributed by atoms with Crippen molar-refractivity contribution in [1.82, 2.24) is 15.5 Å². The van der Waals surface area contributed by atoms with E-state index in [9.17, 15) is 9.90 Å². The Bertz CT molecular complexity index is 319. The van der Waals surface area contributed by atoms with E-state index in [2.05, 4.69) is 22.5 Å². The first kappa shape index (κ1) is 18.2. The Balaban J connectivity index is 2.27. The Labute approximate surface area is 129 Å². The lowest BCUT2D eigenvalue weighted by molar-refractivity contribution is 0.0348. The number of likely N-dealkylation sites (tertiary alicyclic amines) is 1. The number of amides is 2. The third-order valence-electron chi connectivity index (χ3n) is 4.54. The van der Waals surface area contributed by atoms with Crippen LogP contribution in [0.2, 0.25) is 0 Å². The maximum atomic E-state index is 11.9. The van der Waals surface area contributed by atoms with Crippen LogP contribution in [-0.2, 0) is 0 Å². The molecule has 0 radical (unpaired) electrons. The van der Waals surface area contributed by atoms with Crippen LogP contribution in [-0.4, -0.2) is 53.9 Å². The van der Waals surface area contributed by atoms with Crippen LogP contribution < -0.4 is 10.6 Å². The SMILES string of the molecule is CCC(O)(CC)CNC(=O)NC(C)CN1CCCC(C)C1. The van der Waals surface area contributed by atoms with Crippen LogP contribution in [0, 0.1) is 5.92 Å². The highest BCUT2D eigenvalue weighted by Gasteiger charge is 2.23. The number of aliphatic hydroxyl groups is 1. The molecular weight excluding hydrogens is 266 g/mol. The van der Waals surface area contributed by atoms with Crippen LogP contribution in [0.4, 0.5) is 4.79 Å². The molecule has 5 nitrogen and oxygen atoms in total. The molecule has 2 atom stereocenters. The molecule has 0 aliphatic carbocycles. The lowest BCUT2D eigenvalue weighted by Crippen LogP contribution is -2.51. The molecule has 124 valence electrons. The van der Waals surface area contributed by atoms with E-state index in [0.717, 1.165) is 25.6 Å². The average molecular weight is 299 g/mol. The zero-order chi connectivity index (χ0) is 15.9. The van der Waals surface area contributed by atoms with E-state index in [4.69, 9.17) is 0 Å². The van der Waals surface area contributed by atoms with Crippen LogP contribution in [0.3, 0.4) is 0 Å². The number of nitrogens with zero attached hydrogens (tertiary/aromatic N) is 1. The van der Waals surface area contributed by atoms with Gasteiger partial charge >= 0.3 is 6.03 Å². The maximum Gasteiger partial charge on any atom is 0.315 e. The molecule has 1 aliphatic heterocycles. The van der Waals surface area contributed by atoms with Crippen molar-refractivity contribution in [2.45, 2.75) is 65.0 Å². The van der Waals surface area contributed by atoms with Crippen molar-refractivity contribution in [3.8, 4) is 0 Å². The van der Waals surface area contributed by atoms with Gasteiger partial charge in [-0.2, -0.15) is 0 Å². The first-order valence-electron chi connectivity index (χ1n) is 8.37. The lowest BCUT2D eigenvalue weighted by Gasteiger charge is -2.33. The van der Waals surface area contributed by atoms with Gasteiger partial charge in [-0.15, -0.1) is 0 Å². The minimum Gasteiger partial charge on any atom is -0.388 e. The standard InChI is InChI=1S/C16H33N3O2/c1-5-16(21,6-2)12-17-15(20)18-14(4)11-19-9-7-8-13(3)10-19/h13-14,21H,5-12H2,1-4H3,(H2,17,18,20). The van der Waals surface area contributed by atoms with Gasteiger partial charge in [0.05, 0.1) is 5.60 Å². The number of hydrogen-bond acceptors (Lipinski definition) is 3. The molecule has 0 aromatic heterocycles. The molecule has 3 N–H and O–H groups in total. The zero-order valence-electron chi connectivity index (χ0n) is 14.1. The first-order chi connectivity index (χ1) is 9.88. The van der Waals surface area contributed by atoms with Crippen molar-refractivity contribution in [2.75, 3.05) is 26.2 Å². The number of hydrogen-bond donors (Lipinski definition) is 3. The maximum absolute atomic E-state index is 11.9. The summed E-state index contributed by atoms with van der Waals surface area (Å²) in [5.74, 6) is 0.754. The van der Waals surface area contributed by atoms with Crippen LogP contribution in [0.25, 0.3) is 0 Å². The number of piperidine rings is 1. The number of urea groups is 1. The zero-order valence-corrected chi connectivity index (χ0v) is 14.1. The highest BCUT2D eigenvalue weighted by molar-refractivity contribution is 5.74. The van der Waals surface area contributed by atoms with Gasteiger partial charge in [-0.3, -0.25) is 0 Å². The summed E-state index contributed by atoms with van der Waals surface area (Å²) in [6.07, 6.45) is 3.85. The van der Waals surface area contributed by atoms with Gasteiger partial charge < -0.3 is 20.6 Å². The van der Waals surface area contributed by atoms with Crippen LogP contribution >= 0.6 is 0 Å². The Hall–Kier alpha value is -0.810. The number of carbonyl (C=O) groups excluding carboxylic acids is 1. The molecule has 1 saturated heterocycles. The molecule has 0 aromatic carbocycles. The van der Waals surface area contributed by atoms with E-state index in [-0.39, 0.29) is 12.1 Å². The van der Waals surface area contributed by atoms with E-state index in [1.54, 1.807) is 0 Å². The molecule has 1 rings (SSSR count). The fourth-order valence-electron chi connectivity index (χ4n) is 2.91. The third-order valence-corrected chi connectivity index (χ3v) is 4.54. The minimum atomic E-state index is -0.789. The first-order valence-corrected chi connectivity index (χ1v) is 8.37. The molecule has 0 spiro atoms. The van der Waals surface area contributed by atoms with Gasteiger partial charge in [0.15, 0.2) is 0 Å². The highest BCUT2D eigenvalue weighted by atomic mass is 16.3. The van der Waals surface area contributed by atoms with Crippen molar-refractivity contribution < 1.29 is 9.90 Å². The molecule has 2 amide bonds. The molecule has 1 aliphatic rings. The summed E-state index contributed by atoms with van der Waals surface area (Å²) >= 11 is 0. The van der Waals surface area contributed by atoms with Gasteiger partial charge in [0.1, 0.15) is 0 Å². The molecule has 0 bridgehead atoms. The van der Waals surface area contributed by atoms with Crippen molar-refractivity contribution in [1.29, 1.82) is 0 Å². The molecule has 1 heterocycles. The van der Waals surface area contributed by atoms with Crippen LogP contribution in [0.1, 0.15) is 53.4 Å². The summed E-state index contributed by atoms with van der Waals surface area (Å²) in [5.41, 5.74) is -0.789. The molecule has 21 heavy (non-hydrogen) atoms. The van der Waals surface area contributed by atoms with Crippen molar-refractivity contribution in [3.05, 3.63) is 0 Å².